The van der Waals surface area contributed by atoms with Gasteiger partial charge in [-0.15, -0.1) is 41.3 Å². The van der Waals surface area contributed by atoms with E-state index in [1.165, 1.54) is 33.4 Å². The number of aryl methyl sites for hydroxylation is 4. The second-order valence-electron chi connectivity index (χ2n) is 16.2. The van der Waals surface area contributed by atoms with Crippen molar-refractivity contribution in [1.29, 1.82) is 0 Å². The third kappa shape index (κ3) is 7.12. The monoisotopic (exact) mass is 792 g/mol. The zero-order valence-electron chi connectivity index (χ0n) is 32.9. The van der Waals surface area contributed by atoms with Crippen LogP contribution in [0.15, 0.2) is 79.0 Å². The fraction of sp³-hybridized carbons (Fsp3) is 0.319. The fourth-order valence-electron chi connectivity index (χ4n) is 7.49. The molecule has 53 heavy (non-hydrogen) atoms. The van der Waals surface area contributed by atoms with Gasteiger partial charge >= 0.3 is 20.4 Å². The molecule has 4 aromatic carbocycles. The van der Waals surface area contributed by atoms with E-state index < -0.39 is 0 Å². The predicted molar refractivity (Wildman–Crippen MR) is 216 cm³/mol. The molecule has 7 rings (SSSR count). The van der Waals surface area contributed by atoms with Crippen LogP contribution in [-0.2, 0) is 44.1 Å². The molecule has 7 aromatic rings. The van der Waals surface area contributed by atoms with Gasteiger partial charge in [0.1, 0.15) is 5.82 Å². The Morgan fingerprint density at radius 2 is 1.38 bits per heavy atom. The Morgan fingerprint density at radius 1 is 0.698 bits per heavy atom. The summed E-state index contributed by atoms with van der Waals surface area (Å²) in [4.78, 5) is 4.84. The van der Waals surface area contributed by atoms with Gasteiger partial charge in [0.2, 0.25) is 0 Å². The first-order chi connectivity index (χ1) is 24.7. The molecule has 0 aliphatic rings. The summed E-state index contributed by atoms with van der Waals surface area (Å²) in [7, 11) is 0. The van der Waals surface area contributed by atoms with E-state index in [1.54, 1.807) is 0 Å². The van der Waals surface area contributed by atoms with Crippen molar-refractivity contribution in [2.24, 2.45) is 0 Å². The molecule has 3 heterocycles. The molecule has 0 aliphatic carbocycles. The number of hydrogen-bond acceptors (Lipinski definition) is 3. The predicted octanol–water partition coefficient (Wildman–Crippen LogP) is 12.1. The van der Waals surface area contributed by atoms with Crippen molar-refractivity contribution >= 4 is 21.8 Å². The number of pyridine rings is 1. The van der Waals surface area contributed by atoms with E-state index >= 15 is 0 Å². The molecular formula is C47H50N4OPd. The number of benzene rings is 4. The van der Waals surface area contributed by atoms with Crippen molar-refractivity contribution in [3.63, 3.8) is 0 Å². The van der Waals surface area contributed by atoms with Gasteiger partial charge in [0.25, 0.3) is 0 Å². The standard InChI is InChI=1S/C47H50N4O.Pd/c1-12-32-22-29(3)23-33(13-2)45(32)44-30(4)49-51(31(44)5)36-24-35(47(9,10)11)25-38(27-36)52-37-18-19-40-39-16-14-15-17-41(39)50(42(40)28-37)43-26-34(20-21-48-43)46(6,7)8;/h14-26H,12-13H2,1-11H3;/q-2;+2. The summed E-state index contributed by atoms with van der Waals surface area (Å²) in [5, 5.41) is 7.40. The largest absolute Gasteiger partial charge is 2.00 e. The molecule has 0 aliphatic heterocycles. The zero-order chi connectivity index (χ0) is 37.1. The fourth-order valence-corrected chi connectivity index (χ4v) is 7.49. The van der Waals surface area contributed by atoms with Gasteiger partial charge in [-0.2, -0.15) is 11.2 Å². The maximum Gasteiger partial charge on any atom is 2.00 e. The number of aromatic nitrogens is 4. The van der Waals surface area contributed by atoms with Crippen molar-refractivity contribution in [3.05, 3.63) is 130 Å². The molecule has 274 valence electrons. The molecule has 0 radical (unpaired) electrons. The van der Waals surface area contributed by atoms with Crippen LogP contribution in [0.2, 0.25) is 0 Å². The topological polar surface area (TPSA) is 44.9 Å². The van der Waals surface area contributed by atoms with Crippen LogP contribution in [0, 0.1) is 32.9 Å². The maximum absolute atomic E-state index is 6.71. The second-order valence-corrected chi connectivity index (χ2v) is 16.2. The molecule has 0 fully saturated rings. The van der Waals surface area contributed by atoms with Crippen LogP contribution in [0.25, 0.3) is 44.4 Å². The number of hydrogen-bond donors (Lipinski definition) is 0. The summed E-state index contributed by atoms with van der Waals surface area (Å²) in [6, 6.07) is 33.1. The van der Waals surface area contributed by atoms with Crippen LogP contribution < -0.4 is 4.74 Å². The summed E-state index contributed by atoms with van der Waals surface area (Å²) in [6.45, 7) is 24.3. The van der Waals surface area contributed by atoms with Gasteiger partial charge in [-0.25, -0.2) is 4.98 Å². The Bertz CT molecular complexity index is 2450. The smallest absolute Gasteiger partial charge is 0.509 e. The number of rotatable bonds is 7. The summed E-state index contributed by atoms with van der Waals surface area (Å²) < 4.78 is 11.0. The van der Waals surface area contributed by atoms with E-state index in [2.05, 4.69) is 160 Å². The van der Waals surface area contributed by atoms with E-state index in [-0.39, 0.29) is 31.3 Å². The Balaban J connectivity index is 0.00000481. The van der Waals surface area contributed by atoms with E-state index in [9.17, 15) is 0 Å². The average Bonchev–Trinajstić information content (AvgIpc) is 3.59. The van der Waals surface area contributed by atoms with Gasteiger partial charge in [-0.1, -0.05) is 96.8 Å². The molecule has 0 saturated carbocycles. The molecule has 0 N–H and O–H groups in total. The Kier molecular flexibility index (Phi) is 10.4. The quantitative estimate of drug-likeness (QED) is 0.119. The summed E-state index contributed by atoms with van der Waals surface area (Å²) in [6.07, 6.45) is 3.84. The minimum atomic E-state index is -0.132. The van der Waals surface area contributed by atoms with E-state index in [1.807, 2.05) is 16.9 Å². The Labute approximate surface area is 329 Å². The summed E-state index contributed by atoms with van der Waals surface area (Å²) >= 11 is 0. The van der Waals surface area contributed by atoms with E-state index in [0.29, 0.717) is 11.5 Å². The molecule has 0 unspecified atom stereocenters. The third-order valence-corrected chi connectivity index (χ3v) is 10.3. The molecule has 0 spiro atoms. The molecule has 0 bridgehead atoms. The summed E-state index contributed by atoms with van der Waals surface area (Å²) in [5.74, 6) is 2.11. The normalized spacial score (nSPS) is 12.1. The van der Waals surface area contributed by atoms with Crippen molar-refractivity contribution in [2.45, 2.75) is 99.8 Å². The van der Waals surface area contributed by atoms with Crippen LogP contribution in [0.1, 0.15) is 94.6 Å². The molecule has 3 aromatic heterocycles. The minimum absolute atomic E-state index is 0. The van der Waals surface area contributed by atoms with Gasteiger partial charge < -0.3 is 9.30 Å². The van der Waals surface area contributed by atoms with Gasteiger partial charge in [-0.3, -0.25) is 4.68 Å². The average molecular weight is 793 g/mol. The van der Waals surface area contributed by atoms with Crippen LogP contribution in [0.5, 0.6) is 11.5 Å². The summed E-state index contributed by atoms with van der Waals surface area (Å²) in [5.41, 5.74) is 13.8. The molecule has 0 atom stereocenters. The first-order valence-electron chi connectivity index (χ1n) is 18.5. The van der Waals surface area contributed by atoms with Crippen LogP contribution in [0.4, 0.5) is 0 Å². The molecular weight excluding hydrogens is 743 g/mol. The number of para-hydroxylation sites is 1. The molecule has 0 saturated heterocycles. The van der Waals surface area contributed by atoms with Crippen LogP contribution in [0.3, 0.4) is 0 Å². The molecule has 5 nitrogen and oxygen atoms in total. The Hall–Kier alpha value is -4.50. The minimum Gasteiger partial charge on any atom is -0.509 e. The molecule has 0 amide bonds. The van der Waals surface area contributed by atoms with E-state index in [4.69, 9.17) is 14.8 Å². The zero-order valence-corrected chi connectivity index (χ0v) is 34.5. The second kappa shape index (κ2) is 14.4. The maximum atomic E-state index is 6.71. The van der Waals surface area contributed by atoms with Gasteiger partial charge in [-0.05, 0) is 96.0 Å². The Morgan fingerprint density at radius 3 is 2.04 bits per heavy atom. The number of nitrogens with zero attached hydrogens (tertiary/aromatic N) is 4. The van der Waals surface area contributed by atoms with Gasteiger partial charge in [0.05, 0.1) is 5.69 Å². The number of fused-ring (bicyclic) bond motifs is 3. The van der Waals surface area contributed by atoms with Crippen molar-refractivity contribution < 1.29 is 25.2 Å². The van der Waals surface area contributed by atoms with Gasteiger partial charge in [0.15, 0.2) is 0 Å². The SMILES string of the molecule is CCc1cc(C)cc(CC)c1-c1c(C)nn(-c2[c-]c(Oc3[c-]c4c(cc3)c3ccccc3n4-c3cc(C(C)(C)C)ccn3)cc(C(C)(C)C)c2)c1C.[Pd+2]. The van der Waals surface area contributed by atoms with Crippen molar-refractivity contribution in [3.8, 4) is 34.1 Å². The molecule has 6 heteroatoms. The van der Waals surface area contributed by atoms with Gasteiger partial charge in [0, 0.05) is 34.5 Å². The third-order valence-electron chi connectivity index (χ3n) is 10.3. The van der Waals surface area contributed by atoms with Crippen molar-refractivity contribution in [2.75, 3.05) is 0 Å². The first kappa shape index (κ1) is 38.2. The van der Waals surface area contributed by atoms with Crippen LogP contribution >= 0.6 is 0 Å². The van der Waals surface area contributed by atoms with Crippen LogP contribution in [-0.4, -0.2) is 19.3 Å². The van der Waals surface area contributed by atoms with E-state index in [0.717, 1.165) is 63.1 Å². The van der Waals surface area contributed by atoms with Crippen molar-refractivity contribution in [1.82, 2.24) is 19.3 Å². The number of ether oxygens (including phenoxy) is 1. The first-order valence-corrected chi connectivity index (χ1v) is 18.5.